The summed E-state index contributed by atoms with van der Waals surface area (Å²) in [7, 11) is -9.93. The summed E-state index contributed by atoms with van der Waals surface area (Å²) in [6, 6.07) is 0. The van der Waals surface area contributed by atoms with Crippen LogP contribution < -0.4 is 0 Å². The molecule has 3 N–H and O–H groups in total. The number of phosphoric ester groups is 2. The highest BCUT2D eigenvalue weighted by Gasteiger charge is 2.30. The lowest BCUT2D eigenvalue weighted by atomic mass is 9.99. The molecule has 0 rings (SSSR count). The van der Waals surface area contributed by atoms with Crippen LogP contribution >= 0.6 is 15.6 Å². The number of unbranched alkanes of at least 4 members (excludes halogenated alkanes) is 54. The van der Waals surface area contributed by atoms with Gasteiger partial charge in [0.1, 0.15) is 19.3 Å². The Labute approximate surface area is 645 Å². The summed E-state index contributed by atoms with van der Waals surface area (Å²) < 4.78 is 68.9. The predicted molar refractivity (Wildman–Crippen MR) is 432 cm³/mol. The van der Waals surface area contributed by atoms with E-state index in [1.54, 1.807) is 0 Å². The van der Waals surface area contributed by atoms with Crippen LogP contribution in [-0.4, -0.2) is 96.7 Å². The summed E-state index contributed by atoms with van der Waals surface area (Å²) in [5, 5.41) is 10.7. The molecule has 3 unspecified atom stereocenters. The molecule has 17 nitrogen and oxygen atoms in total. The maximum Gasteiger partial charge on any atom is 0.472 e. The van der Waals surface area contributed by atoms with Gasteiger partial charge >= 0.3 is 39.5 Å². The Hall–Kier alpha value is -1.94. The molecule has 0 aliphatic heterocycles. The van der Waals surface area contributed by atoms with Crippen molar-refractivity contribution in [2.24, 2.45) is 11.8 Å². The van der Waals surface area contributed by atoms with Gasteiger partial charge in [0.2, 0.25) is 0 Å². The molecule has 0 aromatic rings. The van der Waals surface area contributed by atoms with Crippen LogP contribution in [0.2, 0.25) is 0 Å². The highest BCUT2D eigenvalue weighted by molar-refractivity contribution is 7.47. The Morgan fingerprint density at radius 3 is 0.724 bits per heavy atom. The molecule has 0 saturated carbocycles. The van der Waals surface area contributed by atoms with Gasteiger partial charge in [-0.15, -0.1) is 0 Å². The molecule has 0 aromatic carbocycles. The molecular weight excluding hydrogens is 1370 g/mol. The SMILES string of the molecule is CCCCCCCCCCCCCCCCCCCCCCCC(=O)O[C@H](COC(=O)CCCCCCCCCCCCCCCCCCCCC)COP(=O)(O)OC[C@@H](O)COP(=O)(O)OC[C@@H](COC(=O)CCCCCCCCCCC(C)C)OC(=O)CCCCCCCCCCCCC(C)CC. The third-order valence-electron chi connectivity index (χ3n) is 20.6. The van der Waals surface area contributed by atoms with Gasteiger partial charge in [-0.2, -0.15) is 0 Å². The van der Waals surface area contributed by atoms with Crippen molar-refractivity contribution >= 4 is 39.5 Å². The summed E-state index contributed by atoms with van der Waals surface area (Å²) >= 11 is 0. The molecule has 0 aliphatic carbocycles. The summed E-state index contributed by atoms with van der Waals surface area (Å²) in [5.41, 5.74) is 0. The van der Waals surface area contributed by atoms with Crippen molar-refractivity contribution in [3.8, 4) is 0 Å². The summed E-state index contributed by atoms with van der Waals surface area (Å²) in [4.78, 5) is 73.2. The monoisotopic (exact) mass is 1540 g/mol. The first-order valence-corrected chi connectivity index (χ1v) is 47.5. The molecule has 0 saturated heterocycles. The second-order valence-corrected chi connectivity index (χ2v) is 34.6. The van der Waals surface area contributed by atoms with Gasteiger partial charge < -0.3 is 33.8 Å². The van der Waals surface area contributed by atoms with Crippen molar-refractivity contribution < 1.29 is 80.2 Å². The van der Waals surface area contributed by atoms with Crippen molar-refractivity contribution in [3.63, 3.8) is 0 Å². The molecule has 0 fully saturated rings. The number of esters is 4. The molecule has 0 aliphatic rings. The number of carbonyl (C=O) groups excluding carboxylic acids is 4. The van der Waals surface area contributed by atoms with E-state index in [-0.39, 0.29) is 25.7 Å². The quantitative estimate of drug-likeness (QED) is 0.0222. The molecule has 0 aromatic heterocycles. The van der Waals surface area contributed by atoms with E-state index in [4.69, 9.17) is 37.0 Å². The summed E-state index contributed by atoms with van der Waals surface area (Å²) in [5.74, 6) is -0.575. The van der Waals surface area contributed by atoms with Crippen LogP contribution in [0, 0.1) is 11.8 Å². The Balaban J connectivity index is 5.23. The molecular formula is C86H168O17P2. The minimum atomic E-state index is -4.97. The standard InChI is InChI=1S/C86H168O17P2/c1-7-10-12-14-16-18-20-22-24-26-28-29-31-33-35-37-39-44-52-58-64-70-85(90)102-81(74-96-83(88)68-62-56-50-43-38-36-34-32-30-27-25-23-21-19-17-15-13-11-8-2)76-100-104(92,93)98-72-80(87)73-99-105(94,95)101-77-82(75-97-84(89)69-63-57-51-47-46-48-54-60-66-78(4)5)103-86(91)71-65-59-53-45-41-40-42-49-55-61-67-79(6)9-3/h78-82,87H,7-77H2,1-6H3,(H,92,93)(H,94,95)/t79?,80-,81-,82-/m1/s1. The van der Waals surface area contributed by atoms with Crippen LogP contribution in [0.25, 0.3) is 0 Å². The number of phosphoric acid groups is 2. The van der Waals surface area contributed by atoms with Gasteiger partial charge in [0.25, 0.3) is 0 Å². The second-order valence-electron chi connectivity index (χ2n) is 31.6. The van der Waals surface area contributed by atoms with Crippen molar-refractivity contribution in [2.75, 3.05) is 39.6 Å². The minimum Gasteiger partial charge on any atom is -0.462 e. The van der Waals surface area contributed by atoms with E-state index >= 15 is 0 Å². The molecule has 19 heteroatoms. The van der Waals surface area contributed by atoms with E-state index in [1.807, 2.05) is 0 Å². The molecule has 0 amide bonds. The average molecular weight is 1540 g/mol. The Morgan fingerprint density at radius 1 is 0.276 bits per heavy atom. The van der Waals surface area contributed by atoms with E-state index in [0.717, 1.165) is 102 Å². The van der Waals surface area contributed by atoms with E-state index in [9.17, 15) is 43.2 Å². The molecule has 105 heavy (non-hydrogen) atoms. The normalized spacial score (nSPS) is 14.1. The van der Waals surface area contributed by atoms with E-state index in [0.29, 0.717) is 25.7 Å². The van der Waals surface area contributed by atoms with Crippen LogP contribution in [0.4, 0.5) is 0 Å². The lowest BCUT2D eigenvalue weighted by Crippen LogP contribution is -2.30. The zero-order chi connectivity index (χ0) is 77.1. The van der Waals surface area contributed by atoms with E-state index in [2.05, 4.69) is 41.5 Å². The van der Waals surface area contributed by atoms with E-state index in [1.165, 1.54) is 276 Å². The number of aliphatic hydroxyl groups is 1. The number of hydrogen-bond donors (Lipinski definition) is 3. The zero-order valence-corrected chi connectivity index (χ0v) is 70.8. The van der Waals surface area contributed by atoms with Gasteiger partial charge in [-0.3, -0.25) is 37.3 Å². The summed E-state index contributed by atoms with van der Waals surface area (Å²) in [6.07, 6.45) is 69.5. The smallest absolute Gasteiger partial charge is 0.462 e. The maximum atomic E-state index is 13.2. The van der Waals surface area contributed by atoms with Gasteiger partial charge in [0.15, 0.2) is 12.2 Å². The van der Waals surface area contributed by atoms with Gasteiger partial charge in [0.05, 0.1) is 26.4 Å². The molecule has 0 heterocycles. The van der Waals surface area contributed by atoms with Crippen molar-refractivity contribution in [2.45, 2.75) is 477 Å². The first-order valence-electron chi connectivity index (χ1n) is 44.5. The maximum absolute atomic E-state index is 13.2. The molecule has 0 spiro atoms. The molecule has 6 atom stereocenters. The third-order valence-corrected chi connectivity index (χ3v) is 22.5. The number of ether oxygens (including phenoxy) is 4. The molecule has 624 valence electrons. The van der Waals surface area contributed by atoms with Crippen LogP contribution in [0.3, 0.4) is 0 Å². The zero-order valence-electron chi connectivity index (χ0n) is 69.0. The van der Waals surface area contributed by atoms with E-state index < -0.39 is 97.5 Å². The van der Waals surface area contributed by atoms with Crippen molar-refractivity contribution in [3.05, 3.63) is 0 Å². The lowest BCUT2D eigenvalue weighted by Gasteiger charge is -2.21. The fraction of sp³-hybridized carbons (Fsp3) is 0.953. The number of aliphatic hydroxyl groups excluding tert-OH is 1. The minimum absolute atomic E-state index is 0.106. The number of rotatable bonds is 85. The van der Waals surface area contributed by atoms with Crippen LogP contribution in [-0.2, 0) is 65.4 Å². The topological polar surface area (TPSA) is 237 Å². The lowest BCUT2D eigenvalue weighted by molar-refractivity contribution is -0.161. The molecule has 0 radical (unpaired) electrons. The fourth-order valence-corrected chi connectivity index (χ4v) is 15.0. The van der Waals surface area contributed by atoms with Crippen LogP contribution in [0.5, 0.6) is 0 Å². The summed E-state index contributed by atoms with van der Waals surface area (Å²) in [6.45, 7) is 9.65. The highest BCUT2D eigenvalue weighted by atomic mass is 31.2. The highest BCUT2D eigenvalue weighted by Crippen LogP contribution is 2.45. The number of carbonyl (C=O) groups is 4. The Morgan fingerprint density at radius 2 is 0.486 bits per heavy atom. The Kier molecular flexibility index (Phi) is 76.0. The first kappa shape index (κ1) is 103. The van der Waals surface area contributed by atoms with Crippen LogP contribution in [0.15, 0.2) is 0 Å². The Bertz CT molecular complexity index is 2010. The van der Waals surface area contributed by atoms with Gasteiger partial charge in [-0.25, -0.2) is 9.13 Å². The predicted octanol–water partition coefficient (Wildman–Crippen LogP) is 26.2. The van der Waals surface area contributed by atoms with Gasteiger partial charge in [-0.1, -0.05) is 408 Å². The van der Waals surface area contributed by atoms with Crippen molar-refractivity contribution in [1.29, 1.82) is 0 Å². The third kappa shape index (κ3) is 78.5. The van der Waals surface area contributed by atoms with Gasteiger partial charge in [0, 0.05) is 25.7 Å². The van der Waals surface area contributed by atoms with Crippen LogP contribution in [0.1, 0.15) is 459 Å². The fourth-order valence-electron chi connectivity index (χ4n) is 13.4. The molecule has 0 bridgehead atoms. The first-order chi connectivity index (χ1) is 50.9. The average Bonchev–Trinajstić information content (AvgIpc) is 0.908. The second kappa shape index (κ2) is 77.4. The van der Waals surface area contributed by atoms with Crippen molar-refractivity contribution in [1.82, 2.24) is 0 Å². The van der Waals surface area contributed by atoms with Gasteiger partial charge in [-0.05, 0) is 37.5 Å². The largest absolute Gasteiger partial charge is 0.472 e. The number of hydrogen-bond acceptors (Lipinski definition) is 15.